The van der Waals surface area contributed by atoms with Gasteiger partial charge in [-0.1, -0.05) is 25.7 Å². The first-order valence-corrected chi connectivity index (χ1v) is 9.21. The van der Waals surface area contributed by atoms with Crippen LogP contribution in [0.1, 0.15) is 52.4 Å². The van der Waals surface area contributed by atoms with Gasteiger partial charge in [-0.05, 0) is 26.7 Å². The van der Waals surface area contributed by atoms with Crippen molar-refractivity contribution in [2.75, 3.05) is 13.1 Å². The van der Waals surface area contributed by atoms with Gasteiger partial charge in [0.1, 0.15) is 0 Å². The first-order chi connectivity index (χ1) is 9.89. The lowest BCUT2D eigenvalue weighted by Crippen LogP contribution is -2.42. The van der Waals surface area contributed by atoms with Crippen molar-refractivity contribution in [3.05, 3.63) is 0 Å². The Morgan fingerprint density at radius 2 is 1.86 bits per heavy atom. The summed E-state index contributed by atoms with van der Waals surface area (Å²) in [6.45, 7) is 4.09. The smallest absolute Gasteiger partial charge is 0.277 e. The highest BCUT2D eigenvalue weighted by atomic mass is 32.2. The standard InChI is InChI=1S/C13H29N5O2S/c1-11(2)18-21(19,20)16-10-9-15-13(14)17-12-7-5-3-4-6-8-12/h11-12,16,18H,3-10H2,1-2H3,(H3,14,15,17). The summed E-state index contributed by atoms with van der Waals surface area (Å²) in [7, 11) is -3.44. The molecule has 0 aromatic heterocycles. The first kappa shape index (κ1) is 18.2. The summed E-state index contributed by atoms with van der Waals surface area (Å²) in [4.78, 5) is 4.16. The molecule has 1 rings (SSSR count). The van der Waals surface area contributed by atoms with Crippen LogP contribution in [0, 0.1) is 0 Å². The normalized spacial score (nSPS) is 18.7. The van der Waals surface area contributed by atoms with Gasteiger partial charge in [0.15, 0.2) is 5.96 Å². The van der Waals surface area contributed by atoms with Crippen molar-refractivity contribution >= 4 is 16.2 Å². The summed E-state index contributed by atoms with van der Waals surface area (Å²) < 4.78 is 27.9. The van der Waals surface area contributed by atoms with E-state index in [4.69, 9.17) is 5.73 Å². The molecular formula is C13H29N5O2S. The fourth-order valence-electron chi connectivity index (χ4n) is 2.39. The lowest BCUT2D eigenvalue weighted by molar-refractivity contribution is 0.529. The molecule has 1 aliphatic rings. The van der Waals surface area contributed by atoms with E-state index in [2.05, 4.69) is 19.8 Å². The Labute approximate surface area is 128 Å². The van der Waals surface area contributed by atoms with Crippen LogP contribution in [-0.2, 0) is 10.2 Å². The predicted molar refractivity (Wildman–Crippen MR) is 86.3 cm³/mol. The van der Waals surface area contributed by atoms with Crippen LogP contribution >= 0.6 is 0 Å². The minimum Gasteiger partial charge on any atom is -0.370 e. The Kier molecular flexibility index (Phi) is 7.98. The molecule has 0 saturated heterocycles. The lowest BCUT2D eigenvalue weighted by Gasteiger charge is -2.16. The van der Waals surface area contributed by atoms with E-state index in [1.807, 2.05) is 0 Å². The van der Waals surface area contributed by atoms with Gasteiger partial charge in [-0.3, -0.25) is 4.99 Å². The second-order valence-corrected chi connectivity index (χ2v) is 7.30. The maximum atomic E-state index is 11.5. The van der Waals surface area contributed by atoms with Crippen LogP contribution in [0.4, 0.5) is 0 Å². The lowest BCUT2D eigenvalue weighted by atomic mass is 10.1. The second kappa shape index (κ2) is 9.22. The molecule has 124 valence electrons. The summed E-state index contributed by atoms with van der Waals surface area (Å²) in [5.74, 6) is 0.401. The zero-order valence-corrected chi connectivity index (χ0v) is 13.9. The van der Waals surface area contributed by atoms with Crippen molar-refractivity contribution in [1.82, 2.24) is 14.8 Å². The summed E-state index contributed by atoms with van der Waals surface area (Å²) in [5, 5.41) is 3.22. The summed E-state index contributed by atoms with van der Waals surface area (Å²) in [6, 6.07) is 0.267. The van der Waals surface area contributed by atoms with E-state index >= 15 is 0 Å². The largest absolute Gasteiger partial charge is 0.370 e. The predicted octanol–water partition coefficient (Wildman–Crippen LogP) is 0.446. The van der Waals surface area contributed by atoms with Gasteiger partial charge in [0.2, 0.25) is 0 Å². The molecule has 0 aliphatic heterocycles. The number of hydrogen-bond donors (Lipinski definition) is 4. The number of rotatable bonds is 7. The number of nitrogens with two attached hydrogens (primary N) is 1. The van der Waals surface area contributed by atoms with Crippen molar-refractivity contribution < 1.29 is 8.42 Å². The Balaban J connectivity index is 2.25. The van der Waals surface area contributed by atoms with Crippen LogP contribution in [-0.4, -0.2) is 39.6 Å². The van der Waals surface area contributed by atoms with E-state index in [0.717, 1.165) is 12.8 Å². The molecule has 1 saturated carbocycles. The Hall–Kier alpha value is -0.860. The van der Waals surface area contributed by atoms with Gasteiger partial charge >= 0.3 is 0 Å². The second-order valence-electron chi connectivity index (χ2n) is 5.77. The van der Waals surface area contributed by atoms with Crippen molar-refractivity contribution in [2.24, 2.45) is 10.7 Å². The average Bonchev–Trinajstić information content (AvgIpc) is 2.62. The number of aliphatic imine (C=N–C) groups is 1. The molecule has 8 heteroatoms. The monoisotopic (exact) mass is 319 g/mol. The molecule has 0 unspecified atom stereocenters. The average molecular weight is 319 g/mol. The van der Waals surface area contributed by atoms with Crippen LogP contribution in [0.5, 0.6) is 0 Å². The molecule has 0 radical (unpaired) electrons. The summed E-state index contributed by atoms with van der Waals surface area (Å²) in [5.41, 5.74) is 5.83. The van der Waals surface area contributed by atoms with Gasteiger partial charge < -0.3 is 11.1 Å². The molecule has 21 heavy (non-hydrogen) atoms. The van der Waals surface area contributed by atoms with Gasteiger partial charge in [-0.2, -0.15) is 13.1 Å². The molecule has 5 N–H and O–H groups in total. The zero-order valence-electron chi connectivity index (χ0n) is 13.1. The highest BCUT2D eigenvalue weighted by Crippen LogP contribution is 2.16. The zero-order chi connectivity index (χ0) is 15.7. The molecule has 7 nitrogen and oxygen atoms in total. The van der Waals surface area contributed by atoms with Crippen molar-refractivity contribution in [3.63, 3.8) is 0 Å². The summed E-state index contributed by atoms with van der Waals surface area (Å²) in [6.07, 6.45) is 7.29. The number of hydrogen-bond acceptors (Lipinski definition) is 3. The van der Waals surface area contributed by atoms with Crippen LogP contribution < -0.4 is 20.5 Å². The topological polar surface area (TPSA) is 109 Å². The molecule has 0 spiro atoms. The van der Waals surface area contributed by atoms with Crippen molar-refractivity contribution in [3.8, 4) is 0 Å². The van der Waals surface area contributed by atoms with Crippen LogP contribution in [0.2, 0.25) is 0 Å². The SMILES string of the molecule is CC(C)NS(=O)(=O)NCCN=C(N)NC1CCCCCC1. The molecule has 1 aliphatic carbocycles. The molecule has 0 atom stereocenters. The van der Waals surface area contributed by atoms with Gasteiger partial charge in [-0.15, -0.1) is 0 Å². The highest BCUT2D eigenvalue weighted by molar-refractivity contribution is 7.87. The van der Waals surface area contributed by atoms with E-state index in [1.54, 1.807) is 13.8 Å². The molecule has 0 amide bonds. The maximum Gasteiger partial charge on any atom is 0.277 e. The first-order valence-electron chi connectivity index (χ1n) is 7.72. The fourth-order valence-corrected chi connectivity index (χ4v) is 3.45. The molecular weight excluding hydrogens is 290 g/mol. The van der Waals surface area contributed by atoms with E-state index in [9.17, 15) is 8.42 Å². The minimum atomic E-state index is -3.44. The highest BCUT2D eigenvalue weighted by Gasteiger charge is 2.12. The molecule has 1 fully saturated rings. The Morgan fingerprint density at radius 3 is 2.43 bits per heavy atom. The van der Waals surface area contributed by atoms with Crippen molar-refractivity contribution in [1.29, 1.82) is 0 Å². The van der Waals surface area contributed by atoms with Gasteiger partial charge in [-0.25, -0.2) is 4.72 Å². The molecule has 0 aromatic carbocycles. The van der Waals surface area contributed by atoms with Gasteiger partial charge in [0, 0.05) is 18.6 Å². The van der Waals surface area contributed by atoms with Crippen LogP contribution in [0.15, 0.2) is 4.99 Å². The molecule has 0 bridgehead atoms. The quantitative estimate of drug-likeness (QED) is 0.236. The van der Waals surface area contributed by atoms with Crippen LogP contribution in [0.25, 0.3) is 0 Å². The maximum absolute atomic E-state index is 11.5. The van der Waals surface area contributed by atoms with Crippen molar-refractivity contribution in [2.45, 2.75) is 64.5 Å². The third-order valence-corrected chi connectivity index (χ3v) is 4.65. The van der Waals surface area contributed by atoms with E-state index < -0.39 is 10.2 Å². The van der Waals surface area contributed by atoms with Gasteiger partial charge in [0.25, 0.3) is 10.2 Å². The number of nitrogens with one attached hydrogen (secondary N) is 3. The van der Waals surface area contributed by atoms with E-state index in [1.165, 1.54) is 25.7 Å². The molecule has 0 aromatic rings. The fraction of sp³-hybridized carbons (Fsp3) is 0.923. The van der Waals surface area contributed by atoms with Crippen LogP contribution in [0.3, 0.4) is 0 Å². The Morgan fingerprint density at radius 1 is 1.24 bits per heavy atom. The Bertz CT molecular complexity index is 414. The van der Waals surface area contributed by atoms with E-state index in [-0.39, 0.29) is 12.6 Å². The minimum absolute atomic E-state index is 0.132. The molecule has 0 heterocycles. The third kappa shape index (κ3) is 8.90. The number of nitrogens with zero attached hydrogens (tertiary/aromatic N) is 1. The van der Waals surface area contributed by atoms with Gasteiger partial charge in [0.05, 0.1) is 6.54 Å². The summed E-state index contributed by atoms with van der Waals surface area (Å²) >= 11 is 0. The third-order valence-electron chi connectivity index (χ3n) is 3.28. The number of guanidine groups is 1. The van der Waals surface area contributed by atoms with E-state index in [0.29, 0.717) is 18.5 Å².